The first-order valence-electron chi connectivity index (χ1n) is 10.0. The Bertz CT molecular complexity index is 1130. The highest BCUT2D eigenvalue weighted by Gasteiger charge is 2.15. The van der Waals surface area contributed by atoms with Gasteiger partial charge in [-0.25, -0.2) is 4.39 Å². The molecule has 2 N–H and O–H groups in total. The Labute approximate surface area is 173 Å². The summed E-state index contributed by atoms with van der Waals surface area (Å²) in [7, 11) is 0. The highest BCUT2D eigenvalue weighted by atomic mass is 19.1. The Kier molecular flexibility index (Phi) is 5.88. The zero-order valence-electron chi connectivity index (χ0n) is 16.7. The average molecular weight is 406 g/mol. The molecule has 1 amide bonds. The lowest BCUT2D eigenvalue weighted by Crippen LogP contribution is -2.28. The molecule has 1 unspecified atom stereocenters. The second kappa shape index (κ2) is 8.90. The van der Waals surface area contributed by atoms with Gasteiger partial charge in [0, 0.05) is 29.9 Å². The standard InChI is InChI=1S/C23H23FN4O2/c1-2-19(15-7-9-17(24)10-8-15)26-21(29)11-12-22-27-28-23(30-22)13-16-14-25-20-6-4-3-5-18(16)20/h3-10,14,19,25H,2,11-13H2,1H3,(H,26,29). The summed E-state index contributed by atoms with van der Waals surface area (Å²) in [4.78, 5) is 15.6. The first kappa shape index (κ1) is 19.8. The van der Waals surface area contributed by atoms with Crippen LogP contribution >= 0.6 is 0 Å². The summed E-state index contributed by atoms with van der Waals surface area (Å²) in [5, 5.41) is 12.3. The van der Waals surface area contributed by atoms with Crippen LogP contribution in [-0.2, 0) is 17.6 Å². The van der Waals surface area contributed by atoms with Crippen LogP contribution in [0.15, 0.2) is 59.1 Å². The molecule has 154 valence electrons. The van der Waals surface area contributed by atoms with Crippen LogP contribution in [0.5, 0.6) is 0 Å². The number of carbonyl (C=O) groups is 1. The van der Waals surface area contributed by atoms with Crippen molar-refractivity contribution in [1.82, 2.24) is 20.5 Å². The van der Waals surface area contributed by atoms with Gasteiger partial charge in [0.05, 0.1) is 12.5 Å². The smallest absolute Gasteiger partial charge is 0.221 e. The Morgan fingerprint density at radius 1 is 1.13 bits per heavy atom. The number of amides is 1. The van der Waals surface area contributed by atoms with Crippen molar-refractivity contribution in [2.24, 2.45) is 0 Å². The van der Waals surface area contributed by atoms with Crippen molar-refractivity contribution in [2.45, 2.75) is 38.6 Å². The fraction of sp³-hybridized carbons (Fsp3) is 0.261. The lowest BCUT2D eigenvalue weighted by atomic mass is 10.0. The molecular formula is C23H23FN4O2. The van der Waals surface area contributed by atoms with E-state index in [4.69, 9.17) is 4.42 Å². The summed E-state index contributed by atoms with van der Waals surface area (Å²) in [6.07, 6.45) is 3.81. The number of hydrogen-bond acceptors (Lipinski definition) is 4. The van der Waals surface area contributed by atoms with Crippen LogP contribution in [-0.4, -0.2) is 21.1 Å². The molecule has 7 heteroatoms. The van der Waals surface area contributed by atoms with Crippen LogP contribution in [0, 0.1) is 5.82 Å². The Balaban J connectivity index is 1.32. The van der Waals surface area contributed by atoms with Crippen LogP contribution in [0.3, 0.4) is 0 Å². The van der Waals surface area contributed by atoms with Crippen LogP contribution in [0.2, 0.25) is 0 Å². The number of nitrogens with one attached hydrogen (secondary N) is 2. The molecule has 0 saturated heterocycles. The van der Waals surface area contributed by atoms with E-state index >= 15 is 0 Å². The highest BCUT2D eigenvalue weighted by Crippen LogP contribution is 2.21. The molecule has 2 aromatic carbocycles. The molecule has 4 aromatic rings. The number of H-pyrrole nitrogens is 1. The third-order valence-electron chi connectivity index (χ3n) is 5.11. The zero-order valence-corrected chi connectivity index (χ0v) is 16.7. The van der Waals surface area contributed by atoms with Crippen molar-refractivity contribution in [3.63, 3.8) is 0 Å². The van der Waals surface area contributed by atoms with Gasteiger partial charge in [-0.3, -0.25) is 4.79 Å². The molecule has 6 nitrogen and oxygen atoms in total. The molecular weight excluding hydrogens is 383 g/mol. The summed E-state index contributed by atoms with van der Waals surface area (Å²) < 4.78 is 18.8. The number of carbonyl (C=O) groups excluding carboxylic acids is 1. The summed E-state index contributed by atoms with van der Waals surface area (Å²) in [5.74, 6) is 0.560. The molecule has 0 fully saturated rings. The first-order chi connectivity index (χ1) is 14.6. The number of halogens is 1. The number of aromatic nitrogens is 3. The van der Waals surface area contributed by atoms with E-state index in [0.29, 0.717) is 31.0 Å². The van der Waals surface area contributed by atoms with Crippen LogP contribution in [0.4, 0.5) is 4.39 Å². The quantitative estimate of drug-likeness (QED) is 0.452. The molecule has 0 bridgehead atoms. The number of benzene rings is 2. The molecule has 2 aromatic heterocycles. The van der Waals surface area contributed by atoms with E-state index in [1.54, 1.807) is 12.1 Å². The van der Waals surface area contributed by atoms with Crippen molar-refractivity contribution in [2.75, 3.05) is 0 Å². The van der Waals surface area contributed by atoms with Crippen molar-refractivity contribution in [3.05, 3.63) is 83.5 Å². The SMILES string of the molecule is CCC(NC(=O)CCc1nnc(Cc2c[nH]c3ccccc23)o1)c1ccc(F)cc1. The number of nitrogens with zero attached hydrogens (tertiary/aromatic N) is 2. The Morgan fingerprint density at radius 3 is 2.70 bits per heavy atom. The number of para-hydroxylation sites is 1. The van der Waals surface area contributed by atoms with Gasteiger partial charge in [0.1, 0.15) is 5.82 Å². The fourth-order valence-electron chi connectivity index (χ4n) is 3.50. The Hall–Kier alpha value is -3.48. The monoisotopic (exact) mass is 406 g/mol. The number of aromatic amines is 1. The maximum atomic E-state index is 13.1. The molecule has 0 aliphatic rings. The van der Waals surface area contributed by atoms with Gasteiger partial charge < -0.3 is 14.7 Å². The molecule has 0 aliphatic carbocycles. The van der Waals surface area contributed by atoms with Gasteiger partial charge in [-0.2, -0.15) is 0 Å². The van der Waals surface area contributed by atoms with Gasteiger partial charge in [-0.05, 0) is 35.7 Å². The van der Waals surface area contributed by atoms with E-state index in [1.165, 1.54) is 12.1 Å². The summed E-state index contributed by atoms with van der Waals surface area (Å²) in [5.41, 5.74) is 3.03. The third-order valence-corrected chi connectivity index (χ3v) is 5.11. The van der Waals surface area contributed by atoms with Crippen LogP contribution in [0.1, 0.15) is 48.7 Å². The van der Waals surface area contributed by atoms with E-state index in [1.807, 2.05) is 37.4 Å². The maximum Gasteiger partial charge on any atom is 0.221 e. The van der Waals surface area contributed by atoms with Crippen LogP contribution < -0.4 is 5.32 Å². The minimum atomic E-state index is -0.292. The molecule has 0 spiro atoms. The van der Waals surface area contributed by atoms with Gasteiger partial charge in [0.2, 0.25) is 17.7 Å². The number of rotatable bonds is 8. The lowest BCUT2D eigenvalue weighted by Gasteiger charge is -2.17. The normalized spacial score (nSPS) is 12.2. The highest BCUT2D eigenvalue weighted by molar-refractivity contribution is 5.83. The van der Waals surface area contributed by atoms with E-state index in [-0.39, 0.29) is 24.2 Å². The zero-order chi connectivity index (χ0) is 20.9. The largest absolute Gasteiger partial charge is 0.425 e. The second-order valence-corrected chi connectivity index (χ2v) is 7.21. The predicted molar refractivity (Wildman–Crippen MR) is 111 cm³/mol. The van der Waals surface area contributed by atoms with E-state index < -0.39 is 0 Å². The summed E-state index contributed by atoms with van der Waals surface area (Å²) in [6.45, 7) is 1.98. The molecule has 1 atom stereocenters. The number of hydrogen-bond donors (Lipinski definition) is 2. The Morgan fingerprint density at radius 2 is 1.90 bits per heavy atom. The molecule has 0 saturated carbocycles. The molecule has 0 radical (unpaired) electrons. The van der Waals surface area contributed by atoms with Crippen molar-refractivity contribution in [1.29, 1.82) is 0 Å². The fourth-order valence-corrected chi connectivity index (χ4v) is 3.50. The van der Waals surface area contributed by atoms with Gasteiger partial charge in [0.15, 0.2) is 0 Å². The topological polar surface area (TPSA) is 83.8 Å². The van der Waals surface area contributed by atoms with Crippen LogP contribution in [0.25, 0.3) is 10.9 Å². The minimum Gasteiger partial charge on any atom is -0.425 e. The second-order valence-electron chi connectivity index (χ2n) is 7.21. The minimum absolute atomic E-state index is 0.109. The molecule has 4 rings (SSSR count). The number of fused-ring (bicyclic) bond motifs is 1. The summed E-state index contributed by atoms with van der Waals surface area (Å²) in [6, 6.07) is 14.1. The van der Waals surface area contributed by atoms with Gasteiger partial charge in [-0.15, -0.1) is 10.2 Å². The average Bonchev–Trinajstić information content (AvgIpc) is 3.39. The summed E-state index contributed by atoms with van der Waals surface area (Å²) >= 11 is 0. The van der Waals surface area contributed by atoms with Crippen molar-refractivity contribution in [3.8, 4) is 0 Å². The van der Waals surface area contributed by atoms with Gasteiger partial charge >= 0.3 is 0 Å². The molecule has 0 aliphatic heterocycles. The maximum absolute atomic E-state index is 13.1. The predicted octanol–water partition coefficient (Wildman–Crippen LogP) is 4.48. The third kappa shape index (κ3) is 4.56. The molecule has 2 heterocycles. The van der Waals surface area contributed by atoms with Crippen molar-refractivity contribution < 1.29 is 13.6 Å². The van der Waals surface area contributed by atoms with Gasteiger partial charge in [-0.1, -0.05) is 37.3 Å². The van der Waals surface area contributed by atoms with E-state index in [9.17, 15) is 9.18 Å². The number of aryl methyl sites for hydroxylation is 1. The lowest BCUT2D eigenvalue weighted by molar-refractivity contribution is -0.121. The first-order valence-corrected chi connectivity index (χ1v) is 10.0. The van der Waals surface area contributed by atoms with Crippen molar-refractivity contribution >= 4 is 16.8 Å². The van der Waals surface area contributed by atoms with E-state index in [0.717, 1.165) is 22.0 Å². The van der Waals surface area contributed by atoms with E-state index in [2.05, 4.69) is 20.5 Å². The van der Waals surface area contributed by atoms with Gasteiger partial charge in [0.25, 0.3) is 0 Å². The molecule has 30 heavy (non-hydrogen) atoms.